The number of halogens is 1. The first-order valence-corrected chi connectivity index (χ1v) is 14.5. The van der Waals surface area contributed by atoms with Crippen LogP contribution in [-0.2, 0) is 10.0 Å². The van der Waals surface area contributed by atoms with E-state index in [1.807, 2.05) is 33.0 Å². The molecule has 0 spiro atoms. The Balaban J connectivity index is 1.77. The van der Waals surface area contributed by atoms with Gasteiger partial charge in [-0.15, -0.1) is 0 Å². The van der Waals surface area contributed by atoms with Crippen LogP contribution in [-0.4, -0.2) is 60.8 Å². The predicted octanol–water partition coefficient (Wildman–Crippen LogP) is 5.32. The number of sulfonamides is 1. The zero-order valence-electron chi connectivity index (χ0n) is 23.5. The minimum atomic E-state index is -3.75. The van der Waals surface area contributed by atoms with Crippen LogP contribution in [0.4, 0.5) is 23.1 Å². The van der Waals surface area contributed by atoms with Crippen molar-refractivity contribution < 1.29 is 17.9 Å². The van der Waals surface area contributed by atoms with Gasteiger partial charge in [0.25, 0.3) is 5.91 Å². The van der Waals surface area contributed by atoms with Crippen molar-refractivity contribution >= 4 is 50.7 Å². The minimum Gasteiger partial charge on any atom is -0.489 e. The van der Waals surface area contributed by atoms with Gasteiger partial charge in [-0.2, -0.15) is 4.98 Å². The number of benzene rings is 2. The number of rotatable bonds is 10. The number of hydrogen-bond donors (Lipinski definition) is 4. The Kier molecular flexibility index (Phi) is 8.86. The van der Waals surface area contributed by atoms with Gasteiger partial charge in [0.2, 0.25) is 16.0 Å². The highest BCUT2D eigenvalue weighted by Gasteiger charge is 2.23. The molecule has 2 aromatic heterocycles. The van der Waals surface area contributed by atoms with Crippen molar-refractivity contribution in [1.82, 2.24) is 24.6 Å². The standard InChI is InChI=1S/C28H32ClN7O4S/c1-16(2)40-24-13-18(22-11-17(3)14-31-22)19(27(37)30-4)12-23(24)34-28-32-15-20(29)26(35-28)33-21-9-7-8-10-25(21)41(38,39)36(5)6/h7-16,31H,1-6H3,(H,30,37)(H2,32,33,34,35). The molecule has 0 radical (unpaired) electrons. The summed E-state index contributed by atoms with van der Waals surface area (Å²) in [4.78, 5) is 25.0. The molecule has 0 bridgehead atoms. The molecular formula is C28H32ClN7O4S. The van der Waals surface area contributed by atoms with Crippen LogP contribution in [0.25, 0.3) is 11.3 Å². The number of nitrogens with zero attached hydrogens (tertiary/aromatic N) is 3. The summed E-state index contributed by atoms with van der Waals surface area (Å²) in [5, 5.41) is 9.01. The third kappa shape index (κ3) is 6.62. The molecule has 2 heterocycles. The number of anilines is 4. The van der Waals surface area contributed by atoms with Gasteiger partial charge < -0.3 is 25.7 Å². The van der Waals surface area contributed by atoms with Gasteiger partial charge >= 0.3 is 0 Å². The Morgan fingerprint density at radius 2 is 1.83 bits per heavy atom. The van der Waals surface area contributed by atoms with Crippen molar-refractivity contribution in [2.45, 2.75) is 31.8 Å². The third-order valence-electron chi connectivity index (χ3n) is 5.96. The number of para-hydroxylation sites is 1. The van der Waals surface area contributed by atoms with E-state index in [1.54, 1.807) is 37.4 Å². The molecule has 0 saturated heterocycles. The lowest BCUT2D eigenvalue weighted by molar-refractivity contribution is 0.0963. The fraction of sp³-hybridized carbons (Fsp3) is 0.250. The van der Waals surface area contributed by atoms with E-state index in [-0.39, 0.29) is 33.7 Å². The van der Waals surface area contributed by atoms with Crippen LogP contribution in [0.3, 0.4) is 0 Å². The summed E-state index contributed by atoms with van der Waals surface area (Å²) in [7, 11) is 0.729. The number of H-pyrrole nitrogens is 1. The molecule has 0 fully saturated rings. The van der Waals surface area contributed by atoms with Crippen LogP contribution in [0.15, 0.2) is 59.8 Å². The molecule has 4 N–H and O–H groups in total. The maximum Gasteiger partial charge on any atom is 0.251 e. The van der Waals surface area contributed by atoms with Crippen LogP contribution in [0.2, 0.25) is 5.02 Å². The highest BCUT2D eigenvalue weighted by molar-refractivity contribution is 7.89. The third-order valence-corrected chi connectivity index (χ3v) is 8.11. The van der Waals surface area contributed by atoms with Gasteiger partial charge in [0.1, 0.15) is 15.7 Å². The fourth-order valence-electron chi connectivity index (χ4n) is 3.99. The molecule has 41 heavy (non-hydrogen) atoms. The molecule has 13 heteroatoms. The number of aryl methyl sites for hydroxylation is 1. The number of aromatic nitrogens is 3. The molecule has 0 aliphatic carbocycles. The number of nitrogens with one attached hydrogen (secondary N) is 4. The van der Waals surface area contributed by atoms with Crippen LogP contribution < -0.4 is 20.7 Å². The Morgan fingerprint density at radius 3 is 2.46 bits per heavy atom. The van der Waals surface area contributed by atoms with Gasteiger partial charge in [-0.3, -0.25) is 4.79 Å². The van der Waals surface area contributed by atoms with Crippen molar-refractivity contribution in [3.05, 3.63) is 71.0 Å². The lowest BCUT2D eigenvalue weighted by Gasteiger charge is -2.19. The molecule has 0 aliphatic rings. The molecule has 216 valence electrons. The van der Waals surface area contributed by atoms with Crippen LogP contribution in [0, 0.1) is 6.92 Å². The summed E-state index contributed by atoms with van der Waals surface area (Å²) in [6, 6.07) is 11.9. The predicted molar refractivity (Wildman–Crippen MR) is 161 cm³/mol. The molecule has 0 aliphatic heterocycles. The molecular weight excluding hydrogens is 566 g/mol. The normalized spacial score (nSPS) is 11.5. The number of amides is 1. The molecule has 0 saturated carbocycles. The first kappa shape index (κ1) is 29.8. The summed E-state index contributed by atoms with van der Waals surface area (Å²) in [6.07, 6.45) is 3.08. The lowest BCUT2D eigenvalue weighted by atomic mass is 10.0. The van der Waals surface area contributed by atoms with E-state index in [4.69, 9.17) is 16.3 Å². The summed E-state index contributed by atoms with van der Waals surface area (Å²) in [6.45, 7) is 5.75. The van der Waals surface area contributed by atoms with Crippen molar-refractivity contribution in [2.75, 3.05) is 31.8 Å². The first-order chi connectivity index (χ1) is 19.4. The summed E-state index contributed by atoms with van der Waals surface area (Å²) in [5.41, 5.74) is 3.60. The molecule has 0 atom stereocenters. The van der Waals surface area contributed by atoms with E-state index >= 15 is 0 Å². The Morgan fingerprint density at radius 1 is 1.10 bits per heavy atom. The van der Waals surface area contributed by atoms with Gasteiger partial charge in [0.15, 0.2) is 5.82 Å². The average molecular weight is 598 g/mol. The minimum absolute atomic E-state index is 0.0622. The van der Waals surface area contributed by atoms with Crippen molar-refractivity contribution in [3.8, 4) is 17.0 Å². The van der Waals surface area contributed by atoms with E-state index in [0.717, 1.165) is 15.6 Å². The highest BCUT2D eigenvalue weighted by Crippen LogP contribution is 2.37. The van der Waals surface area contributed by atoms with Gasteiger partial charge in [-0.25, -0.2) is 17.7 Å². The van der Waals surface area contributed by atoms with Crippen LogP contribution in [0.1, 0.15) is 29.8 Å². The number of aromatic amines is 1. The highest BCUT2D eigenvalue weighted by atomic mass is 35.5. The van der Waals surface area contributed by atoms with Crippen LogP contribution in [0.5, 0.6) is 5.75 Å². The smallest absolute Gasteiger partial charge is 0.251 e. The maximum absolute atomic E-state index is 12.9. The maximum atomic E-state index is 12.9. The Labute approximate surface area is 244 Å². The quantitative estimate of drug-likeness (QED) is 0.192. The van der Waals surface area contributed by atoms with E-state index in [1.165, 1.54) is 26.4 Å². The number of carbonyl (C=O) groups excluding carboxylic acids is 1. The summed E-state index contributed by atoms with van der Waals surface area (Å²) in [5.74, 6) is 0.515. The molecule has 4 aromatic rings. The number of ether oxygens (including phenoxy) is 1. The largest absolute Gasteiger partial charge is 0.489 e. The van der Waals surface area contributed by atoms with E-state index in [0.29, 0.717) is 28.3 Å². The molecule has 11 nitrogen and oxygen atoms in total. The fourth-order valence-corrected chi connectivity index (χ4v) is 5.17. The zero-order valence-corrected chi connectivity index (χ0v) is 25.1. The Bertz CT molecular complexity index is 1690. The van der Waals surface area contributed by atoms with Crippen molar-refractivity contribution in [3.63, 3.8) is 0 Å². The van der Waals surface area contributed by atoms with Gasteiger partial charge in [0.05, 0.1) is 29.2 Å². The second-order valence-electron chi connectivity index (χ2n) is 9.65. The van der Waals surface area contributed by atoms with E-state index in [9.17, 15) is 13.2 Å². The molecule has 2 aromatic carbocycles. The van der Waals surface area contributed by atoms with E-state index in [2.05, 4.69) is 30.9 Å². The Hall–Kier alpha value is -4.13. The summed E-state index contributed by atoms with van der Waals surface area (Å²) < 4.78 is 33.0. The van der Waals surface area contributed by atoms with E-state index < -0.39 is 10.0 Å². The zero-order chi connectivity index (χ0) is 29.9. The number of carbonyl (C=O) groups is 1. The van der Waals surface area contributed by atoms with Gasteiger partial charge in [0, 0.05) is 38.6 Å². The SMILES string of the molecule is CNC(=O)c1cc(Nc2ncc(Cl)c(Nc3ccccc3S(=O)(=O)N(C)C)n2)c(OC(C)C)cc1-c1cc(C)c[nH]1. The number of hydrogen-bond acceptors (Lipinski definition) is 8. The average Bonchev–Trinajstić information content (AvgIpc) is 3.36. The molecule has 4 rings (SSSR count). The lowest BCUT2D eigenvalue weighted by Crippen LogP contribution is -2.23. The summed E-state index contributed by atoms with van der Waals surface area (Å²) >= 11 is 6.40. The van der Waals surface area contributed by atoms with Gasteiger partial charge in [-0.05, 0) is 56.7 Å². The van der Waals surface area contributed by atoms with Gasteiger partial charge in [-0.1, -0.05) is 23.7 Å². The van der Waals surface area contributed by atoms with Crippen LogP contribution >= 0.6 is 11.6 Å². The topological polar surface area (TPSA) is 141 Å². The molecule has 1 amide bonds. The second kappa shape index (κ2) is 12.2. The molecule has 0 unspecified atom stereocenters. The van der Waals surface area contributed by atoms with Crippen molar-refractivity contribution in [2.24, 2.45) is 0 Å². The monoisotopic (exact) mass is 597 g/mol. The first-order valence-electron chi connectivity index (χ1n) is 12.7. The second-order valence-corrected chi connectivity index (χ2v) is 12.2. The van der Waals surface area contributed by atoms with Crippen molar-refractivity contribution in [1.29, 1.82) is 0 Å².